The van der Waals surface area contributed by atoms with Crippen LogP contribution in [0.5, 0.6) is 0 Å². The van der Waals surface area contributed by atoms with Gasteiger partial charge in [-0.15, -0.1) is 0 Å². The Bertz CT molecular complexity index is 425. The Morgan fingerprint density at radius 2 is 2.22 bits per heavy atom. The molecule has 1 aromatic rings. The van der Waals surface area contributed by atoms with Gasteiger partial charge in [0, 0.05) is 10.5 Å². The molecule has 0 aliphatic rings. The summed E-state index contributed by atoms with van der Waals surface area (Å²) in [6.07, 6.45) is 1.36. The summed E-state index contributed by atoms with van der Waals surface area (Å²) in [7, 11) is 0. The standard InChI is InChI=1S/C13H17BrFNO2/c1-3-4-12(13(17)18)16-8(2)10-6-5-9(15)7-11(10)14/h5-8,12,16H,3-4H2,1-2H3,(H,17,18). The van der Waals surface area contributed by atoms with Crippen molar-refractivity contribution < 1.29 is 14.3 Å². The fourth-order valence-electron chi connectivity index (χ4n) is 1.81. The predicted molar refractivity (Wildman–Crippen MR) is 72.0 cm³/mol. The van der Waals surface area contributed by atoms with Gasteiger partial charge in [0.25, 0.3) is 0 Å². The Kier molecular flexibility index (Phi) is 5.75. The lowest BCUT2D eigenvalue weighted by atomic mass is 10.1. The van der Waals surface area contributed by atoms with E-state index in [0.29, 0.717) is 10.9 Å². The van der Waals surface area contributed by atoms with Crippen LogP contribution in [-0.4, -0.2) is 17.1 Å². The Labute approximate surface area is 115 Å². The third-order valence-corrected chi connectivity index (χ3v) is 3.44. The van der Waals surface area contributed by atoms with Crippen LogP contribution in [0.15, 0.2) is 22.7 Å². The van der Waals surface area contributed by atoms with E-state index in [-0.39, 0.29) is 11.9 Å². The first-order valence-electron chi connectivity index (χ1n) is 5.89. The van der Waals surface area contributed by atoms with Gasteiger partial charge < -0.3 is 5.11 Å². The summed E-state index contributed by atoms with van der Waals surface area (Å²) in [6.45, 7) is 3.81. The highest BCUT2D eigenvalue weighted by atomic mass is 79.9. The molecule has 0 saturated heterocycles. The lowest BCUT2D eigenvalue weighted by Gasteiger charge is -2.21. The molecule has 0 amide bonds. The zero-order valence-corrected chi connectivity index (χ0v) is 12.0. The maximum absolute atomic E-state index is 13.0. The molecule has 1 rings (SSSR count). The van der Waals surface area contributed by atoms with Gasteiger partial charge in [-0.05, 0) is 31.0 Å². The number of benzene rings is 1. The molecule has 2 atom stereocenters. The van der Waals surface area contributed by atoms with Crippen molar-refractivity contribution in [2.75, 3.05) is 0 Å². The quantitative estimate of drug-likeness (QED) is 0.844. The van der Waals surface area contributed by atoms with E-state index in [0.717, 1.165) is 12.0 Å². The minimum Gasteiger partial charge on any atom is -0.480 e. The van der Waals surface area contributed by atoms with E-state index in [4.69, 9.17) is 5.11 Å². The molecule has 0 saturated carbocycles. The minimum absolute atomic E-state index is 0.160. The minimum atomic E-state index is -0.859. The highest BCUT2D eigenvalue weighted by molar-refractivity contribution is 9.10. The molecule has 0 heterocycles. The van der Waals surface area contributed by atoms with E-state index in [1.54, 1.807) is 6.07 Å². The second-order valence-corrected chi connectivity index (χ2v) is 5.09. The van der Waals surface area contributed by atoms with Gasteiger partial charge in [0.2, 0.25) is 0 Å². The molecular weight excluding hydrogens is 301 g/mol. The summed E-state index contributed by atoms with van der Waals surface area (Å²) < 4.78 is 13.6. The first kappa shape index (κ1) is 15.1. The van der Waals surface area contributed by atoms with Gasteiger partial charge in [-0.1, -0.05) is 35.3 Å². The molecule has 1 aromatic carbocycles. The largest absolute Gasteiger partial charge is 0.480 e. The van der Waals surface area contributed by atoms with Gasteiger partial charge in [0.15, 0.2) is 0 Å². The fraction of sp³-hybridized carbons (Fsp3) is 0.462. The molecule has 5 heteroatoms. The van der Waals surface area contributed by atoms with Crippen LogP contribution in [0.3, 0.4) is 0 Å². The SMILES string of the molecule is CCCC(NC(C)c1ccc(F)cc1Br)C(=O)O. The Balaban J connectivity index is 2.80. The molecule has 3 nitrogen and oxygen atoms in total. The molecule has 0 fully saturated rings. The molecule has 2 N–H and O–H groups in total. The highest BCUT2D eigenvalue weighted by Gasteiger charge is 2.20. The first-order valence-corrected chi connectivity index (χ1v) is 6.68. The Morgan fingerprint density at radius 3 is 2.72 bits per heavy atom. The van der Waals surface area contributed by atoms with Gasteiger partial charge >= 0.3 is 5.97 Å². The summed E-state index contributed by atoms with van der Waals surface area (Å²) in [6, 6.07) is 3.66. The summed E-state index contributed by atoms with van der Waals surface area (Å²) in [5, 5.41) is 12.1. The number of rotatable bonds is 6. The number of nitrogens with one attached hydrogen (secondary N) is 1. The van der Waals surface area contributed by atoms with Crippen LogP contribution in [0, 0.1) is 5.82 Å². The van der Waals surface area contributed by atoms with Crippen molar-refractivity contribution in [1.82, 2.24) is 5.32 Å². The molecule has 2 unspecified atom stereocenters. The second kappa shape index (κ2) is 6.85. The molecule has 0 bridgehead atoms. The Morgan fingerprint density at radius 1 is 1.56 bits per heavy atom. The maximum Gasteiger partial charge on any atom is 0.320 e. The van der Waals surface area contributed by atoms with E-state index in [2.05, 4.69) is 21.2 Å². The number of hydrogen-bond donors (Lipinski definition) is 2. The molecule has 0 aliphatic carbocycles. The summed E-state index contributed by atoms with van der Waals surface area (Å²) in [5.74, 6) is -1.18. The number of halogens is 2. The van der Waals surface area contributed by atoms with E-state index in [1.165, 1.54) is 12.1 Å². The van der Waals surface area contributed by atoms with Crippen molar-refractivity contribution in [2.45, 2.75) is 38.8 Å². The normalized spacial score (nSPS) is 14.2. The Hall–Kier alpha value is -0.940. The second-order valence-electron chi connectivity index (χ2n) is 4.23. The topological polar surface area (TPSA) is 49.3 Å². The summed E-state index contributed by atoms with van der Waals surface area (Å²) in [4.78, 5) is 11.1. The third-order valence-electron chi connectivity index (χ3n) is 2.76. The molecule has 18 heavy (non-hydrogen) atoms. The fourth-order valence-corrected chi connectivity index (χ4v) is 2.51. The molecule has 0 aliphatic heterocycles. The molecule has 100 valence electrons. The van der Waals surface area contributed by atoms with Crippen molar-refractivity contribution in [3.8, 4) is 0 Å². The molecular formula is C13H17BrFNO2. The summed E-state index contributed by atoms with van der Waals surface area (Å²) in [5.41, 5.74) is 0.846. The average molecular weight is 318 g/mol. The van der Waals surface area contributed by atoms with Crippen molar-refractivity contribution in [3.05, 3.63) is 34.1 Å². The van der Waals surface area contributed by atoms with Crippen molar-refractivity contribution in [1.29, 1.82) is 0 Å². The van der Waals surface area contributed by atoms with Gasteiger partial charge in [0.1, 0.15) is 11.9 Å². The van der Waals surface area contributed by atoms with Crippen LogP contribution < -0.4 is 5.32 Å². The lowest BCUT2D eigenvalue weighted by Crippen LogP contribution is -2.38. The van der Waals surface area contributed by atoms with Gasteiger partial charge in [-0.3, -0.25) is 10.1 Å². The molecule has 0 spiro atoms. The summed E-state index contributed by atoms with van der Waals surface area (Å²) >= 11 is 3.29. The number of carboxylic acids is 1. The van der Waals surface area contributed by atoms with Gasteiger partial charge in [-0.25, -0.2) is 4.39 Å². The van der Waals surface area contributed by atoms with Crippen LogP contribution >= 0.6 is 15.9 Å². The van der Waals surface area contributed by atoms with E-state index in [1.807, 2.05) is 13.8 Å². The zero-order valence-electron chi connectivity index (χ0n) is 10.4. The van der Waals surface area contributed by atoms with Crippen molar-refractivity contribution >= 4 is 21.9 Å². The highest BCUT2D eigenvalue weighted by Crippen LogP contribution is 2.24. The molecule has 0 aromatic heterocycles. The first-order chi connectivity index (χ1) is 8.45. The van der Waals surface area contributed by atoms with Crippen molar-refractivity contribution in [2.24, 2.45) is 0 Å². The van der Waals surface area contributed by atoms with E-state index >= 15 is 0 Å². The maximum atomic E-state index is 13.0. The number of aliphatic carboxylic acids is 1. The smallest absolute Gasteiger partial charge is 0.320 e. The zero-order chi connectivity index (χ0) is 13.7. The van der Waals surface area contributed by atoms with Crippen LogP contribution in [0.25, 0.3) is 0 Å². The molecule has 0 radical (unpaired) electrons. The van der Waals surface area contributed by atoms with E-state index in [9.17, 15) is 9.18 Å². The number of carboxylic acid groups (broad SMARTS) is 1. The van der Waals surface area contributed by atoms with E-state index < -0.39 is 12.0 Å². The van der Waals surface area contributed by atoms with Crippen LogP contribution in [-0.2, 0) is 4.79 Å². The number of carbonyl (C=O) groups is 1. The van der Waals surface area contributed by atoms with Crippen molar-refractivity contribution in [3.63, 3.8) is 0 Å². The monoisotopic (exact) mass is 317 g/mol. The van der Waals surface area contributed by atoms with Crippen LogP contribution in [0.2, 0.25) is 0 Å². The van der Waals surface area contributed by atoms with Gasteiger partial charge in [-0.2, -0.15) is 0 Å². The van der Waals surface area contributed by atoms with Crippen LogP contribution in [0.4, 0.5) is 4.39 Å². The number of hydrogen-bond acceptors (Lipinski definition) is 2. The van der Waals surface area contributed by atoms with Gasteiger partial charge in [0.05, 0.1) is 0 Å². The third kappa shape index (κ3) is 4.07. The van der Waals surface area contributed by atoms with Crippen LogP contribution in [0.1, 0.15) is 38.3 Å². The lowest BCUT2D eigenvalue weighted by molar-refractivity contribution is -0.139. The predicted octanol–water partition coefficient (Wildman–Crippen LogP) is 3.49. The average Bonchev–Trinajstić information content (AvgIpc) is 2.27.